The molecule has 0 radical (unpaired) electrons. The Morgan fingerprint density at radius 1 is 0.935 bits per heavy atom. The summed E-state index contributed by atoms with van der Waals surface area (Å²) in [7, 11) is 3.03. The van der Waals surface area contributed by atoms with Crippen LogP contribution >= 0.6 is 0 Å². The first kappa shape index (κ1) is 18.8. The van der Waals surface area contributed by atoms with Gasteiger partial charge in [0.2, 0.25) is 0 Å². The molecule has 152 valence electrons. The van der Waals surface area contributed by atoms with Gasteiger partial charge in [0.15, 0.2) is 0 Å². The van der Waals surface area contributed by atoms with Crippen molar-refractivity contribution in [3.05, 3.63) is 78.8 Å². The zero-order valence-electron chi connectivity index (χ0n) is 17.0. The zero-order chi connectivity index (χ0) is 21.4. The lowest BCUT2D eigenvalue weighted by atomic mass is 9.97. The van der Waals surface area contributed by atoms with Gasteiger partial charge < -0.3 is 14.5 Å². The van der Waals surface area contributed by atoms with Gasteiger partial charge in [-0.3, -0.25) is 9.97 Å². The summed E-state index contributed by atoms with van der Waals surface area (Å²) in [4.78, 5) is 24.1. The molecule has 0 spiro atoms. The Bertz CT molecular complexity index is 1410. The SMILES string of the molecule is COC(=O)c1ccc(-c2c(OC)ccc3[nH]c4cnc(-c5cccnc5)cc4c23)cc1. The highest BCUT2D eigenvalue weighted by atomic mass is 16.5. The van der Waals surface area contributed by atoms with Gasteiger partial charge in [0, 0.05) is 39.8 Å². The molecule has 5 aromatic rings. The number of pyridine rings is 2. The number of aromatic amines is 1. The summed E-state index contributed by atoms with van der Waals surface area (Å²) in [5.74, 6) is 0.384. The maximum Gasteiger partial charge on any atom is 0.337 e. The number of ether oxygens (including phenoxy) is 2. The molecule has 0 unspecified atom stereocenters. The maximum atomic E-state index is 11.8. The number of H-pyrrole nitrogens is 1. The number of nitrogens with zero attached hydrogens (tertiary/aromatic N) is 2. The first-order chi connectivity index (χ1) is 15.2. The number of rotatable bonds is 4. The van der Waals surface area contributed by atoms with Crippen LogP contribution in [0, 0.1) is 0 Å². The number of esters is 1. The van der Waals surface area contributed by atoms with Crippen LogP contribution in [0.15, 0.2) is 73.2 Å². The molecule has 0 aliphatic carbocycles. The molecule has 5 rings (SSSR count). The van der Waals surface area contributed by atoms with E-state index in [1.165, 1.54) is 7.11 Å². The molecule has 0 bridgehead atoms. The number of carbonyl (C=O) groups is 1. The number of nitrogens with one attached hydrogen (secondary N) is 1. The second kappa shape index (κ2) is 7.57. The number of aromatic nitrogens is 3. The third-order valence-corrected chi connectivity index (χ3v) is 5.38. The minimum atomic E-state index is -0.365. The Hall–Kier alpha value is -4.19. The molecule has 0 amide bonds. The normalized spacial score (nSPS) is 11.0. The van der Waals surface area contributed by atoms with E-state index in [2.05, 4.69) is 21.0 Å². The average molecular weight is 409 g/mol. The number of methoxy groups -OCH3 is 2. The van der Waals surface area contributed by atoms with Crippen molar-refractivity contribution in [2.24, 2.45) is 0 Å². The quantitative estimate of drug-likeness (QED) is 0.411. The van der Waals surface area contributed by atoms with E-state index in [4.69, 9.17) is 9.47 Å². The Balaban J connectivity index is 1.77. The van der Waals surface area contributed by atoms with E-state index in [9.17, 15) is 4.79 Å². The molecule has 0 saturated heterocycles. The van der Waals surface area contributed by atoms with Crippen molar-refractivity contribution in [3.63, 3.8) is 0 Å². The Labute approximate surface area is 178 Å². The van der Waals surface area contributed by atoms with Crippen molar-refractivity contribution in [1.82, 2.24) is 15.0 Å². The minimum Gasteiger partial charge on any atom is -0.496 e. The van der Waals surface area contributed by atoms with Crippen LogP contribution in [0.2, 0.25) is 0 Å². The van der Waals surface area contributed by atoms with E-state index in [-0.39, 0.29) is 5.97 Å². The van der Waals surface area contributed by atoms with Gasteiger partial charge in [-0.05, 0) is 48.0 Å². The third kappa shape index (κ3) is 3.18. The monoisotopic (exact) mass is 409 g/mol. The minimum absolute atomic E-state index is 0.365. The van der Waals surface area contributed by atoms with Crippen LogP contribution in [-0.2, 0) is 4.74 Å². The fraction of sp³-hybridized carbons (Fsp3) is 0.0800. The lowest BCUT2D eigenvalue weighted by Crippen LogP contribution is -2.00. The summed E-state index contributed by atoms with van der Waals surface area (Å²) in [5.41, 5.74) is 6.10. The standard InChI is InChI=1S/C25H19N3O3/c1-30-22-10-9-19-24(23(22)15-5-7-16(8-6-15)25(29)31-2)18-12-20(27-14-21(18)28-19)17-4-3-11-26-13-17/h3-14,28H,1-2H3. The third-order valence-electron chi connectivity index (χ3n) is 5.38. The number of benzene rings is 2. The number of fused-ring (bicyclic) bond motifs is 3. The summed E-state index contributed by atoms with van der Waals surface area (Å²) < 4.78 is 10.5. The summed E-state index contributed by atoms with van der Waals surface area (Å²) >= 11 is 0. The van der Waals surface area contributed by atoms with Crippen molar-refractivity contribution in [2.75, 3.05) is 14.2 Å². The summed E-state index contributed by atoms with van der Waals surface area (Å²) in [6.07, 6.45) is 5.39. The highest BCUT2D eigenvalue weighted by Crippen LogP contribution is 2.41. The van der Waals surface area contributed by atoms with Crippen molar-refractivity contribution in [1.29, 1.82) is 0 Å². The lowest BCUT2D eigenvalue weighted by molar-refractivity contribution is 0.0601. The van der Waals surface area contributed by atoms with Gasteiger partial charge >= 0.3 is 5.97 Å². The largest absolute Gasteiger partial charge is 0.496 e. The fourth-order valence-corrected chi connectivity index (χ4v) is 3.89. The van der Waals surface area contributed by atoms with E-state index >= 15 is 0 Å². The van der Waals surface area contributed by atoms with Crippen LogP contribution in [0.1, 0.15) is 10.4 Å². The van der Waals surface area contributed by atoms with Crippen LogP contribution in [0.25, 0.3) is 44.2 Å². The molecule has 6 nitrogen and oxygen atoms in total. The fourth-order valence-electron chi connectivity index (χ4n) is 3.89. The number of carbonyl (C=O) groups excluding carboxylic acids is 1. The molecule has 0 atom stereocenters. The smallest absolute Gasteiger partial charge is 0.337 e. The molecule has 1 N–H and O–H groups in total. The lowest BCUT2D eigenvalue weighted by Gasteiger charge is -2.11. The average Bonchev–Trinajstić information content (AvgIpc) is 3.21. The van der Waals surface area contributed by atoms with Crippen molar-refractivity contribution >= 4 is 27.8 Å². The van der Waals surface area contributed by atoms with Crippen LogP contribution in [-0.4, -0.2) is 35.1 Å². The van der Waals surface area contributed by atoms with Crippen molar-refractivity contribution in [3.8, 4) is 28.1 Å². The maximum absolute atomic E-state index is 11.8. The second-order valence-electron chi connectivity index (χ2n) is 7.12. The Morgan fingerprint density at radius 3 is 2.48 bits per heavy atom. The van der Waals surface area contributed by atoms with Gasteiger partial charge in [0.05, 0.1) is 37.2 Å². The molecule has 0 fully saturated rings. The van der Waals surface area contributed by atoms with Gasteiger partial charge in [-0.2, -0.15) is 0 Å². The second-order valence-corrected chi connectivity index (χ2v) is 7.12. The Kier molecular flexibility index (Phi) is 4.59. The molecule has 0 aliphatic rings. The molecule has 0 saturated carbocycles. The molecule has 3 heterocycles. The van der Waals surface area contributed by atoms with Crippen LogP contribution in [0.3, 0.4) is 0 Å². The van der Waals surface area contributed by atoms with Crippen molar-refractivity contribution in [2.45, 2.75) is 0 Å². The van der Waals surface area contributed by atoms with E-state index in [0.717, 1.165) is 49.9 Å². The Morgan fingerprint density at radius 2 is 1.77 bits per heavy atom. The van der Waals surface area contributed by atoms with E-state index < -0.39 is 0 Å². The molecule has 6 heteroatoms. The van der Waals surface area contributed by atoms with Crippen LogP contribution in [0.4, 0.5) is 0 Å². The molecule has 3 aromatic heterocycles. The molecular weight excluding hydrogens is 390 g/mol. The first-order valence-electron chi connectivity index (χ1n) is 9.77. The summed E-state index contributed by atoms with van der Waals surface area (Å²) in [6.45, 7) is 0. The topological polar surface area (TPSA) is 77.1 Å². The van der Waals surface area contributed by atoms with Gasteiger partial charge in [-0.25, -0.2) is 4.79 Å². The predicted molar refractivity (Wildman–Crippen MR) is 120 cm³/mol. The molecule has 31 heavy (non-hydrogen) atoms. The number of hydrogen-bond donors (Lipinski definition) is 1. The summed E-state index contributed by atoms with van der Waals surface area (Å²) in [5, 5.41) is 2.07. The molecular formula is C25H19N3O3. The van der Waals surface area contributed by atoms with E-state index in [0.29, 0.717) is 5.56 Å². The van der Waals surface area contributed by atoms with Crippen LogP contribution in [0.5, 0.6) is 5.75 Å². The van der Waals surface area contributed by atoms with E-state index in [1.807, 2.05) is 42.6 Å². The van der Waals surface area contributed by atoms with Gasteiger partial charge in [0.1, 0.15) is 5.75 Å². The predicted octanol–water partition coefficient (Wildman–Crippen LogP) is 5.24. The molecule has 2 aromatic carbocycles. The van der Waals surface area contributed by atoms with Crippen LogP contribution < -0.4 is 4.74 Å². The van der Waals surface area contributed by atoms with Gasteiger partial charge in [0.25, 0.3) is 0 Å². The first-order valence-corrected chi connectivity index (χ1v) is 9.77. The summed E-state index contributed by atoms with van der Waals surface area (Å²) in [6, 6.07) is 17.2. The van der Waals surface area contributed by atoms with E-state index in [1.54, 1.807) is 31.6 Å². The highest BCUT2D eigenvalue weighted by Gasteiger charge is 2.17. The van der Waals surface area contributed by atoms with Gasteiger partial charge in [-0.15, -0.1) is 0 Å². The molecule has 0 aliphatic heterocycles. The zero-order valence-corrected chi connectivity index (χ0v) is 17.0. The number of hydrogen-bond acceptors (Lipinski definition) is 5. The van der Waals surface area contributed by atoms with Gasteiger partial charge in [-0.1, -0.05) is 12.1 Å². The van der Waals surface area contributed by atoms with Crippen molar-refractivity contribution < 1.29 is 14.3 Å². The highest BCUT2D eigenvalue weighted by molar-refractivity contribution is 6.16.